The maximum absolute atomic E-state index is 12.7. The molecule has 0 unspecified atom stereocenters. The second-order valence-electron chi connectivity index (χ2n) is 5.45. The molecule has 1 saturated heterocycles. The van der Waals surface area contributed by atoms with Gasteiger partial charge in [-0.3, -0.25) is 14.5 Å². The first kappa shape index (κ1) is 12.8. The van der Waals surface area contributed by atoms with Gasteiger partial charge in [0.05, 0.1) is 11.6 Å². The third-order valence-corrected chi connectivity index (χ3v) is 4.16. The standard InChI is InChI=1S/C18H14N2O2/c21-17-10-14(15-11-19-16-9-5-4-8-13(15)16)18(22)20(17)12-6-2-1-3-7-12/h1-9,11,14,19H,10H2/t14-/m1/s1. The zero-order valence-electron chi connectivity index (χ0n) is 11.8. The molecule has 1 aliphatic rings. The number of nitrogens with one attached hydrogen (secondary N) is 1. The Morgan fingerprint density at radius 2 is 1.68 bits per heavy atom. The van der Waals surface area contributed by atoms with Crippen LogP contribution in [0.25, 0.3) is 10.9 Å². The molecule has 0 bridgehead atoms. The van der Waals surface area contributed by atoms with Gasteiger partial charge in [-0.2, -0.15) is 0 Å². The summed E-state index contributed by atoms with van der Waals surface area (Å²) in [4.78, 5) is 29.5. The Morgan fingerprint density at radius 1 is 0.955 bits per heavy atom. The van der Waals surface area contributed by atoms with E-state index in [2.05, 4.69) is 4.98 Å². The molecule has 4 heteroatoms. The summed E-state index contributed by atoms with van der Waals surface area (Å²) in [7, 11) is 0. The topological polar surface area (TPSA) is 53.2 Å². The minimum absolute atomic E-state index is 0.147. The molecule has 2 amide bonds. The molecule has 2 aromatic carbocycles. The normalized spacial score (nSPS) is 18.4. The Labute approximate surface area is 127 Å². The minimum atomic E-state index is -0.413. The lowest BCUT2D eigenvalue weighted by Crippen LogP contribution is -2.29. The number of H-pyrrole nitrogens is 1. The number of hydrogen-bond donors (Lipinski definition) is 1. The van der Waals surface area contributed by atoms with E-state index in [1.54, 1.807) is 12.1 Å². The van der Waals surface area contributed by atoms with Crippen LogP contribution in [0.5, 0.6) is 0 Å². The number of hydrogen-bond acceptors (Lipinski definition) is 2. The van der Waals surface area contributed by atoms with E-state index in [1.807, 2.05) is 48.7 Å². The predicted molar refractivity (Wildman–Crippen MR) is 84.6 cm³/mol. The second-order valence-corrected chi connectivity index (χ2v) is 5.45. The summed E-state index contributed by atoms with van der Waals surface area (Å²) in [5.41, 5.74) is 2.52. The summed E-state index contributed by atoms with van der Waals surface area (Å²) in [6.07, 6.45) is 2.06. The summed E-state index contributed by atoms with van der Waals surface area (Å²) in [5.74, 6) is -0.712. The molecule has 1 fully saturated rings. The molecule has 0 aliphatic carbocycles. The van der Waals surface area contributed by atoms with Crippen molar-refractivity contribution in [2.45, 2.75) is 12.3 Å². The lowest BCUT2D eigenvalue weighted by Gasteiger charge is -2.14. The van der Waals surface area contributed by atoms with Crippen LogP contribution in [-0.4, -0.2) is 16.8 Å². The summed E-state index contributed by atoms with van der Waals surface area (Å²) >= 11 is 0. The predicted octanol–water partition coefficient (Wildman–Crippen LogP) is 3.22. The number of anilines is 1. The average molecular weight is 290 g/mol. The van der Waals surface area contributed by atoms with Crippen LogP contribution in [0.2, 0.25) is 0 Å². The zero-order valence-corrected chi connectivity index (χ0v) is 11.8. The molecule has 1 aromatic heterocycles. The number of aromatic nitrogens is 1. The third-order valence-electron chi connectivity index (χ3n) is 4.16. The van der Waals surface area contributed by atoms with Gasteiger partial charge in [-0.15, -0.1) is 0 Å². The highest BCUT2D eigenvalue weighted by molar-refractivity contribution is 6.23. The highest BCUT2D eigenvalue weighted by Gasteiger charge is 2.41. The number of para-hydroxylation sites is 2. The molecule has 1 aliphatic heterocycles. The fraction of sp³-hybridized carbons (Fsp3) is 0.111. The number of imide groups is 1. The maximum atomic E-state index is 12.7. The van der Waals surface area contributed by atoms with Gasteiger partial charge >= 0.3 is 0 Å². The lowest BCUT2D eigenvalue weighted by atomic mass is 9.97. The minimum Gasteiger partial charge on any atom is -0.361 e. The van der Waals surface area contributed by atoms with Crippen molar-refractivity contribution in [1.29, 1.82) is 0 Å². The third kappa shape index (κ3) is 1.84. The van der Waals surface area contributed by atoms with E-state index in [0.29, 0.717) is 5.69 Å². The van der Waals surface area contributed by atoms with Crippen LogP contribution in [-0.2, 0) is 9.59 Å². The quantitative estimate of drug-likeness (QED) is 0.737. The molecule has 4 rings (SSSR count). The summed E-state index contributed by atoms with van der Waals surface area (Å²) < 4.78 is 0. The van der Waals surface area contributed by atoms with Crippen LogP contribution in [0.3, 0.4) is 0 Å². The van der Waals surface area contributed by atoms with Gasteiger partial charge in [-0.05, 0) is 23.8 Å². The Bertz CT molecular complexity index is 867. The van der Waals surface area contributed by atoms with Crippen molar-refractivity contribution < 1.29 is 9.59 Å². The zero-order chi connectivity index (χ0) is 15.1. The summed E-state index contributed by atoms with van der Waals surface area (Å²) in [6, 6.07) is 16.9. The molecule has 4 nitrogen and oxygen atoms in total. The lowest BCUT2D eigenvalue weighted by molar-refractivity contribution is -0.121. The number of aromatic amines is 1. The molecule has 22 heavy (non-hydrogen) atoms. The van der Waals surface area contributed by atoms with Gasteiger partial charge in [0, 0.05) is 23.5 Å². The number of fused-ring (bicyclic) bond motifs is 1. The van der Waals surface area contributed by atoms with E-state index < -0.39 is 5.92 Å². The van der Waals surface area contributed by atoms with E-state index in [9.17, 15) is 9.59 Å². The molecule has 1 N–H and O–H groups in total. The van der Waals surface area contributed by atoms with Crippen molar-refractivity contribution in [2.75, 3.05) is 4.90 Å². The smallest absolute Gasteiger partial charge is 0.241 e. The van der Waals surface area contributed by atoms with Gasteiger partial charge < -0.3 is 4.98 Å². The average Bonchev–Trinajstić information content (AvgIpc) is 3.09. The van der Waals surface area contributed by atoms with E-state index in [1.165, 1.54) is 4.90 Å². The Kier molecular flexibility index (Phi) is 2.82. The van der Waals surface area contributed by atoms with Crippen LogP contribution < -0.4 is 4.90 Å². The van der Waals surface area contributed by atoms with Gasteiger partial charge in [-0.25, -0.2) is 0 Å². The van der Waals surface area contributed by atoms with Crippen molar-refractivity contribution in [1.82, 2.24) is 4.98 Å². The molecule has 0 saturated carbocycles. The van der Waals surface area contributed by atoms with Gasteiger partial charge in [0.2, 0.25) is 11.8 Å². The van der Waals surface area contributed by atoms with Crippen LogP contribution in [0.15, 0.2) is 60.8 Å². The molecular weight excluding hydrogens is 276 g/mol. The van der Waals surface area contributed by atoms with Crippen LogP contribution >= 0.6 is 0 Å². The van der Waals surface area contributed by atoms with Gasteiger partial charge in [0.25, 0.3) is 0 Å². The molecule has 1 atom stereocenters. The number of carbonyl (C=O) groups is 2. The van der Waals surface area contributed by atoms with E-state index >= 15 is 0 Å². The van der Waals surface area contributed by atoms with Crippen molar-refractivity contribution >= 4 is 28.4 Å². The summed E-state index contributed by atoms with van der Waals surface area (Å²) in [5, 5.41) is 1.00. The van der Waals surface area contributed by atoms with Gasteiger partial charge in [0.1, 0.15) is 0 Å². The molecular formula is C18H14N2O2. The SMILES string of the molecule is O=C1C[C@H](c2c[nH]c3ccccc23)C(=O)N1c1ccccc1. The summed E-state index contributed by atoms with van der Waals surface area (Å²) in [6.45, 7) is 0. The number of amides is 2. The fourth-order valence-electron chi connectivity index (χ4n) is 3.11. The van der Waals surface area contributed by atoms with Gasteiger partial charge in [0.15, 0.2) is 0 Å². The molecule has 2 heterocycles. The number of rotatable bonds is 2. The highest BCUT2D eigenvalue weighted by Crippen LogP contribution is 2.36. The first-order chi connectivity index (χ1) is 10.8. The number of benzene rings is 2. The monoisotopic (exact) mass is 290 g/mol. The molecule has 3 aromatic rings. The Morgan fingerprint density at radius 3 is 2.50 bits per heavy atom. The van der Waals surface area contributed by atoms with E-state index in [4.69, 9.17) is 0 Å². The van der Waals surface area contributed by atoms with E-state index in [0.717, 1.165) is 16.5 Å². The van der Waals surface area contributed by atoms with Crippen molar-refractivity contribution in [3.8, 4) is 0 Å². The van der Waals surface area contributed by atoms with Crippen LogP contribution in [0.4, 0.5) is 5.69 Å². The Balaban J connectivity index is 1.76. The molecule has 0 spiro atoms. The van der Waals surface area contributed by atoms with E-state index in [-0.39, 0.29) is 18.2 Å². The first-order valence-corrected chi connectivity index (χ1v) is 7.23. The molecule has 108 valence electrons. The van der Waals surface area contributed by atoms with Crippen molar-refractivity contribution in [3.63, 3.8) is 0 Å². The molecule has 0 radical (unpaired) electrons. The van der Waals surface area contributed by atoms with Crippen molar-refractivity contribution in [3.05, 3.63) is 66.4 Å². The van der Waals surface area contributed by atoms with Crippen LogP contribution in [0, 0.1) is 0 Å². The number of carbonyl (C=O) groups excluding carboxylic acids is 2. The van der Waals surface area contributed by atoms with Gasteiger partial charge in [-0.1, -0.05) is 36.4 Å². The fourth-order valence-corrected chi connectivity index (χ4v) is 3.11. The number of nitrogens with zero attached hydrogens (tertiary/aromatic N) is 1. The highest BCUT2D eigenvalue weighted by atomic mass is 16.2. The van der Waals surface area contributed by atoms with Crippen LogP contribution in [0.1, 0.15) is 17.9 Å². The van der Waals surface area contributed by atoms with Crippen molar-refractivity contribution in [2.24, 2.45) is 0 Å². The Hall–Kier alpha value is -2.88. The maximum Gasteiger partial charge on any atom is 0.241 e. The largest absolute Gasteiger partial charge is 0.361 e. The first-order valence-electron chi connectivity index (χ1n) is 7.23. The second kappa shape index (κ2) is 4.84.